The average Bonchev–Trinajstić information content (AvgIpc) is 2.71. The van der Waals surface area contributed by atoms with E-state index in [9.17, 15) is 0 Å². The Bertz CT molecular complexity index is 584. The van der Waals surface area contributed by atoms with E-state index in [4.69, 9.17) is 10.5 Å². The van der Waals surface area contributed by atoms with Crippen LogP contribution in [0.25, 0.3) is 10.9 Å². The van der Waals surface area contributed by atoms with Gasteiger partial charge in [-0.05, 0) is 37.3 Å². The highest BCUT2D eigenvalue weighted by Crippen LogP contribution is 2.41. The molecular weight excluding hydrogens is 236 g/mol. The zero-order chi connectivity index (χ0) is 13.4. The van der Waals surface area contributed by atoms with Gasteiger partial charge >= 0.3 is 0 Å². The van der Waals surface area contributed by atoms with Crippen molar-refractivity contribution in [3.63, 3.8) is 0 Å². The summed E-state index contributed by atoms with van der Waals surface area (Å²) in [4.78, 5) is 3.58. The van der Waals surface area contributed by atoms with Gasteiger partial charge in [0.1, 0.15) is 5.75 Å². The zero-order valence-corrected chi connectivity index (χ0v) is 11.7. The summed E-state index contributed by atoms with van der Waals surface area (Å²) in [7, 11) is 1.72. The SMILES string of the molecule is COc1cccc2c(C)c(C(CN)C3CCC3)[nH]c12. The van der Waals surface area contributed by atoms with Gasteiger partial charge in [0.05, 0.1) is 12.6 Å². The highest BCUT2D eigenvalue weighted by atomic mass is 16.5. The Morgan fingerprint density at radius 1 is 1.42 bits per heavy atom. The predicted molar refractivity (Wildman–Crippen MR) is 78.7 cm³/mol. The maximum Gasteiger partial charge on any atom is 0.142 e. The van der Waals surface area contributed by atoms with Crippen LogP contribution in [0.1, 0.15) is 36.4 Å². The molecule has 3 heteroatoms. The molecule has 0 amide bonds. The lowest BCUT2D eigenvalue weighted by Gasteiger charge is -2.33. The highest BCUT2D eigenvalue weighted by molar-refractivity contribution is 5.89. The minimum Gasteiger partial charge on any atom is -0.495 e. The topological polar surface area (TPSA) is 51.0 Å². The van der Waals surface area contributed by atoms with Crippen molar-refractivity contribution in [1.82, 2.24) is 4.98 Å². The average molecular weight is 258 g/mol. The van der Waals surface area contributed by atoms with E-state index in [1.54, 1.807) is 7.11 Å². The molecule has 1 aliphatic carbocycles. The smallest absolute Gasteiger partial charge is 0.142 e. The van der Waals surface area contributed by atoms with Crippen LogP contribution in [0.2, 0.25) is 0 Å². The van der Waals surface area contributed by atoms with Crippen molar-refractivity contribution in [2.45, 2.75) is 32.1 Å². The molecule has 3 rings (SSSR count). The van der Waals surface area contributed by atoms with Crippen molar-refractivity contribution < 1.29 is 4.74 Å². The predicted octanol–water partition coefficient (Wildman–Crippen LogP) is 3.33. The van der Waals surface area contributed by atoms with Gasteiger partial charge in [0.15, 0.2) is 0 Å². The van der Waals surface area contributed by atoms with E-state index in [0.717, 1.165) is 23.7 Å². The van der Waals surface area contributed by atoms with Crippen LogP contribution in [0.5, 0.6) is 5.75 Å². The van der Waals surface area contributed by atoms with Crippen LogP contribution in [0.3, 0.4) is 0 Å². The largest absolute Gasteiger partial charge is 0.495 e. The number of aromatic nitrogens is 1. The molecule has 0 radical (unpaired) electrons. The summed E-state index contributed by atoms with van der Waals surface area (Å²) in [6.07, 6.45) is 3.98. The first-order valence-corrected chi connectivity index (χ1v) is 7.11. The molecule has 3 nitrogen and oxygen atoms in total. The van der Waals surface area contributed by atoms with E-state index in [1.165, 1.54) is 35.9 Å². The van der Waals surface area contributed by atoms with Crippen LogP contribution >= 0.6 is 0 Å². The zero-order valence-electron chi connectivity index (χ0n) is 11.7. The van der Waals surface area contributed by atoms with Crippen molar-refractivity contribution in [3.05, 3.63) is 29.5 Å². The first kappa shape index (κ1) is 12.5. The Kier molecular flexibility index (Phi) is 3.23. The number of benzene rings is 1. The van der Waals surface area contributed by atoms with E-state index in [-0.39, 0.29) is 0 Å². The lowest BCUT2D eigenvalue weighted by atomic mass is 9.74. The molecule has 1 aromatic carbocycles. The monoisotopic (exact) mass is 258 g/mol. The minimum absolute atomic E-state index is 0.464. The fourth-order valence-corrected chi connectivity index (χ4v) is 3.28. The Morgan fingerprint density at radius 2 is 2.21 bits per heavy atom. The number of H-pyrrole nitrogens is 1. The van der Waals surface area contributed by atoms with Gasteiger partial charge in [0.25, 0.3) is 0 Å². The second-order valence-electron chi connectivity index (χ2n) is 5.58. The molecule has 0 aliphatic heterocycles. The number of hydrogen-bond acceptors (Lipinski definition) is 2. The maximum absolute atomic E-state index is 6.03. The van der Waals surface area contributed by atoms with Crippen molar-refractivity contribution in [3.8, 4) is 5.75 Å². The van der Waals surface area contributed by atoms with Gasteiger partial charge < -0.3 is 15.5 Å². The summed E-state index contributed by atoms with van der Waals surface area (Å²) in [5, 5.41) is 1.26. The second kappa shape index (κ2) is 4.89. The summed E-state index contributed by atoms with van der Waals surface area (Å²) in [6.45, 7) is 2.91. The Balaban J connectivity index is 2.10. The lowest BCUT2D eigenvalue weighted by Crippen LogP contribution is -2.27. The van der Waals surface area contributed by atoms with Crippen LogP contribution in [0, 0.1) is 12.8 Å². The fraction of sp³-hybridized carbons (Fsp3) is 0.500. The number of nitrogens with one attached hydrogen (secondary N) is 1. The molecule has 1 unspecified atom stereocenters. The third-order valence-corrected chi connectivity index (χ3v) is 4.66. The molecule has 0 spiro atoms. The third-order valence-electron chi connectivity index (χ3n) is 4.66. The normalized spacial score (nSPS) is 17.4. The first-order chi connectivity index (χ1) is 9.26. The third kappa shape index (κ3) is 1.93. The Hall–Kier alpha value is -1.48. The molecule has 19 heavy (non-hydrogen) atoms. The Morgan fingerprint density at radius 3 is 2.79 bits per heavy atom. The molecule has 1 atom stereocenters. The summed E-state index contributed by atoms with van der Waals surface area (Å²) in [6, 6.07) is 6.21. The number of methoxy groups -OCH3 is 1. The number of rotatable bonds is 4. The van der Waals surface area contributed by atoms with Gasteiger partial charge in [0.2, 0.25) is 0 Å². The number of nitrogens with two attached hydrogens (primary N) is 1. The molecule has 1 aromatic heterocycles. The number of hydrogen-bond donors (Lipinski definition) is 2. The van der Waals surface area contributed by atoms with E-state index in [2.05, 4.69) is 18.0 Å². The highest BCUT2D eigenvalue weighted by Gasteiger charge is 2.30. The van der Waals surface area contributed by atoms with E-state index in [0.29, 0.717) is 5.92 Å². The van der Waals surface area contributed by atoms with Crippen LogP contribution in [-0.2, 0) is 0 Å². The van der Waals surface area contributed by atoms with Gasteiger partial charge in [-0.15, -0.1) is 0 Å². The first-order valence-electron chi connectivity index (χ1n) is 7.11. The molecule has 1 fully saturated rings. The molecule has 2 aromatic rings. The molecule has 102 valence electrons. The minimum atomic E-state index is 0.464. The molecule has 1 saturated carbocycles. The quantitative estimate of drug-likeness (QED) is 0.883. The number of ether oxygens (including phenoxy) is 1. The van der Waals surface area contributed by atoms with Gasteiger partial charge in [-0.2, -0.15) is 0 Å². The van der Waals surface area contributed by atoms with Crippen LogP contribution < -0.4 is 10.5 Å². The summed E-state index contributed by atoms with van der Waals surface area (Å²) < 4.78 is 5.45. The van der Waals surface area contributed by atoms with E-state index >= 15 is 0 Å². The van der Waals surface area contributed by atoms with Crippen molar-refractivity contribution in [1.29, 1.82) is 0 Å². The molecule has 0 bridgehead atoms. The van der Waals surface area contributed by atoms with Crippen molar-refractivity contribution in [2.24, 2.45) is 11.7 Å². The molecular formula is C16H22N2O. The summed E-state index contributed by atoms with van der Waals surface area (Å²) >= 11 is 0. The van der Waals surface area contributed by atoms with E-state index < -0.39 is 0 Å². The molecule has 0 saturated heterocycles. The fourth-order valence-electron chi connectivity index (χ4n) is 3.28. The van der Waals surface area contributed by atoms with Gasteiger partial charge in [-0.3, -0.25) is 0 Å². The van der Waals surface area contributed by atoms with Gasteiger partial charge in [0, 0.05) is 23.5 Å². The second-order valence-corrected chi connectivity index (χ2v) is 5.58. The standard InChI is InChI=1S/C16H22N2O/c1-10-12-7-4-8-14(19-2)16(12)18-15(10)13(9-17)11-5-3-6-11/h4,7-8,11,13,18H,3,5-6,9,17H2,1-2H3. The lowest BCUT2D eigenvalue weighted by molar-refractivity contribution is 0.261. The Labute approximate surface area is 114 Å². The van der Waals surface area contributed by atoms with Crippen molar-refractivity contribution in [2.75, 3.05) is 13.7 Å². The molecule has 3 N–H and O–H groups in total. The number of aromatic amines is 1. The van der Waals surface area contributed by atoms with Crippen LogP contribution in [0.4, 0.5) is 0 Å². The summed E-state index contributed by atoms with van der Waals surface area (Å²) in [5.74, 6) is 2.13. The molecule has 1 heterocycles. The van der Waals surface area contributed by atoms with Crippen molar-refractivity contribution >= 4 is 10.9 Å². The summed E-state index contributed by atoms with van der Waals surface area (Å²) in [5.41, 5.74) is 9.77. The van der Waals surface area contributed by atoms with Gasteiger partial charge in [-0.1, -0.05) is 18.6 Å². The number of fused-ring (bicyclic) bond motifs is 1. The number of para-hydroxylation sites is 1. The van der Waals surface area contributed by atoms with Crippen LogP contribution in [-0.4, -0.2) is 18.6 Å². The van der Waals surface area contributed by atoms with Crippen LogP contribution in [0.15, 0.2) is 18.2 Å². The maximum atomic E-state index is 6.03. The number of aryl methyl sites for hydroxylation is 1. The van der Waals surface area contributed by atoms with E-state index in [1.807, 2.05) is 12.1 Å². The van der Waals surface area contributed by atoms with Gasteiger partial charge in [-0.25, -0.2) is 0 Å². The molecule has 1 aliphatic rings.